The minimum absolute atomic E-state index is 0.735. The number of fused-ring (bicyclic) bond motifs is 1. The molecule has 7 heteroatoms. The minimum Gasteiger partial charge on any atom is -0.382 e. The van der Waals surface area contributed by atoms with Crippen LogP contribution < -0.4 is 5.32 Å². The highest BCUT2D eigenvalue weighted by Crippen LogP contribution is 2.24. The second kappa shape index (κ2) is 7.88. The molecule has 4 rings (SSSR count). The third kappa shape index (κ3) is 3.83. The van der Waals surface area contributed by atoms with Crippen LogP contribution in [-0.2, 0) is 6.42 Å². The van der Waals surface area contributed by atoms with Crippen LogP contribution in [0.5, 0.6) is 0 Å². The lowest BCUT2D eigenvalue weighted by Crippen LogP contribution is -2.47. The molecule has 0 bridgehead atoms. The number of hydrogen-bond donors (Lipinski definition) is 1. The van der Waals surface area contributed by atoms with E-state index in [2.05, 4.69) is 50.5 Å². The van der Waals surface area contributed by atoms with Gasteiger partial charge in [-0.3, -0.25) is 0 Å². The van der Waals surface area contributed by atoms with E-state index in [9.17, 15) is 0 Å². The molecule has 2 fully saturated rings. The summed E-state index contributed by atoms with van der Waals surface area (Å²) in [6, 6.07) is 2.93. The average molecular weight is 358 g/mol. The van der Waals surface area contributed by atoms with Crippen molar-refractivity contribution in [1.82, 2.24) is 29.6 Å². The minimum atomic E-state index is 0.735. The van der Waals surface area contributed by atoms with E-state index in [0.29, 0.717) is 0 Å². The summed E-state index contributed by atoms with van der Waals surface area (Å²) in [5.41, 5.74) is 2.95. The van der Waals surface area contributed by atoms with Gasteiger partial charge >= 0.3 is 0 Å². The van der Waals surface area contributed by atoms with Gasteiger partial charge < -0.3 is 15.1 Å². The first-order chi connectivity index (χ1) is 12.7. The molecule has 2 aliphatic rings. The van der Waals surface area contributed by atoms with Crippen molar-refractivity contribution in [1.29, 1.82) is 0 Å². The predicted octanol–water partition coefficient (Wildman–Crippen LogP) is 1.90. The molecule has 0 atom stereocenters. The number of hydrogen-bond acceptors (Lipinski definition) is 6. The van der Waals surface area contributed by atoms with Gasteiger partial charge in [-0.1, -0.05) is 6.92 Å². The fourth-order valence-corrected chi connectivity index (χ4v) is 4.32. The van der Waals surface area contributed by atoms with Crippen LogP contribution in [0, 0.1) is 5.92 Å². The van der Waals surface area contributed by atoms with Crippen LogP contribution in [0.15, 0.2) is 12.4 Å². The van der Waals surface area contributed by atoms with Crippen molar-refractivity contribution in [2.45, 2.75) is 45.1 Å². The molecule has 0 aromatic carbocycles. The van der Waals surface area contributed by atoms with E-state index in [1.165, 1.54) is 51.9 Å². The van der Waals surface area contributed by atoms with Gasteiger partial charge in [-0.05, 0) is 77.3 Å². The number of nitrogens with zero attached hydrogens (tertiary/aromatic N) is 6. The van der Waals surface area contributed by atoms with Crippen molar-refractivity contribution in [2.24, 2.45) is 5.92 Å². The molecule has 0 amide bonds. The number of nitrogens with one attached hydrogen (secondary N) is 1. The van der Waals surface area contributed by atoms with Crippen molar-refractivity contribution < 1.29 is 0 Å². The van der Waals surface area contributed by atoms with Gasteiger partial charge in [0.05, 0.1) is 11.4 Å². The lowest BCUT2D eigenvalue weighted by molar-refractivity contribution is 0.0877. The van der Waals surface area contributed by atoms with Crippen molar-refractivity contribution in [2.75, 3.05) is 45.1 Å². The van der Waals surface area contributed by atoms with Crippen molar-refractivity contribution in [3.63, 3.8) is 0 Å². The van der Waals surface area contributed by atoms with Gasteiger partial charge in [0.25, 0.3) is 0 Å². The summed E-state index contributed by atoms with van der Waals surface area (Å²) >= 11 is 0. The van der Waals surface area contributed by atoms with Gasteiger partial charge in [0.2, 0.25) is 5.65 Å². The Morgan fingerprint density at radius 1 is 1.12 bits per heavy atom. The van der Waals surface area contributed by atoms with Gasteiger partial charge in [-0.25, -0.2) is 0 Å². The van der Waals surface area contributed by atoms with E-state index in [1.54, 1.807) is 10.8 Å². The van der Waals surface area contributed by atoms with Crippen LogP contribution in [0.2, 0.25) is 0 Å². The van der Waals surface area contributed by atoms with Crippen LogP contribution in [0.25, 0.3) is 5.65 Å². The number of piperidine rings is 2. The highest BCUT2D eigenvalue weighted by molar-refractivity contribution is 5.66. The molecule has 26 heavy (non-hydrogen) atoms. The maximum Gasteiger partial charge on any atom is 0.200 e. The average Bonchev–Trinajstić information content (AvgIpc) is 3.16. The Hall–Kier alpha value is -1.73. The molecule has 2 aliphatic heterocycles. The summed E-state index contributed by atoms with van der Waals surface area (Å²) in [7, 11) is 2.24. The Morgan fingerprint density at radius 2 is 1.88 bits per heavy atom. The summed E-state index contributed by atoms with van der Waals surface area (Å²) < 4.78 is 1.78. The number of rotatable bonds is 5. The predicted molar refractivity (Wildman–Crippen MR) is 103 cm³/mol. The maximum absolute atomic E-state index is 4.52. The third-order valence-electron chi connectivity index (χ3n) is 6.12. The SMILES string of the molecule is CCc1cc(NCC2CCN(C3CCN(C)CC3)CC2)c2nncn2n1. The summed E-state index contributed by atoms with van der Waals surface area (Å²) in [5, 5.41) is 16.4. The van der Waals surface area contributed by atoms with Gasteiger partial charge in [0, 0.05) is 12.6 Å². The van der Waals surface area contributed by atoms with Crippen molar-refractivity contribution in [3.05, 3.63) is 18.1 Å². The molecule has 7 nitrogen and oxygen atoms in total. The summed E-state index contributed by atoms with van der Waals surface area (Å²) in [6.07, 6.45) is 7.84. The Labute approximate surface area is 155 Å². The first kappa shape index (κ1) is 17.7. The first-order valence-corrected chi connectivity index (χ1v) is 10.1. The number of likely N-dealkylation sites (tertiary alicyclic amines) is 2. The summed E-state index contributed by atoms with van der Waals surface area (Å²) in [5.74, 6) is 0.735. The Balaban J connectivity index is 1.31. The lowest BCUT2D eigenvalue weighted by atomic mass is 9.93. The molecule has 2 aromatic rings. The first-order valence-electron chi connectivity index (χ1n) is 10.1. The molecule has 0 radical (unpaired) electrons. The molecule has 0 saturated carbocycles. The quantitative estimate of drug-likeness (QED) is 0.882. The van der Waals surface area contributed by atoms with Crippen LogP contribution in [0.1, 0.15) is 38.3 Å². The third-order valence-corrected chi connectivity index (χ3v) is 6.12. The van der Waals surface area contributed by atoms with Crippen LogP contribution >= 0.6 is 0 Å². The number of anilines is 1. The molecule has 0 spiro atoms. The highest BCUT2D eigenvalue weighted by Gasteiger charge is 2.27. The zero-order valence-electron chi connectivity index (χ0n) is 16.1. The topological polar surface area (TPSA) is 61.6 Å². The van der Waals surface area contributed by atoms with Gasteiger partial charge in [-0.2, -0.15) is 9.61 Å². The monoisotopic (exact) mass is 357 g/mol. The zero-order valence-corrected chi connectivity index (χ0v) is 16.1. The summed E-state index contributed by atoms with van der Waals surface area (Å²) in [4.78, 5) is 5.19. The summed E-state index contributed by atoms with van der Waals surface area (Å²) in [6.45, 7) is 8.14. The van der Waals surface area contributed by atoms with Gasteiger partial charge in [0.1, 0.15) is 6.33 Å². The van der Waals surface area contributed by atoms with E-state index < -0.39 is 0 Å². The Kier molecular flexibility index (Phi) is 5.36. The fraction of sp³-hybridized carbons (Fsp3) is 0.737. The van der Waals surface area contributed by atoms with Crippen molar-refractivity contribution in [3.8, 4) is 0 Å². The molecule has 4 heterocycles. The van der Waals surface area contributed by atoms with Crippen LogP contribution in [-0.4, -0.2) is 75.4 Å². The van der Waals surface area contributed by atoms with E-state index in [1.807, 2.05) is 0 Å². The molecule has 0 unspecified atom stereocenters. The smallest absolute Gasteiger partial charge is 0.200 e. The van der Waals surface area contributed by atoms with Gasteiger partial charge in [-0.15, -0.1) is 10.2 Å². The second-order valence-electron chi connectivity index (χ2n) is 7.90. The largest absolute Gasteiger partial charge is 0.382 e. The van der Waals surface area contributed by atoms with Crippen LogP contribution in [0.3, 0.4) is 0 Å². The van der Waals surface area contributed by atoms with E-state index in [0.717, 1.165) is 42.0 Å². The second-order valence-corrected chi connectivity index (χ2v) is 7.90. The zero-order chi connectivity index (χ0) is 17.9. The van der Waals surface area contributed by atoms with E-state index in [4.69, 9.17) is 0 Å². The Morgan fingerprint density at radius 3 is 2.62 bits per heavy atom. The molecular formula is C19H31N7. The highest BCUT2D eigenvalue weighted by atomic mass is 15.3. The molecule has 142 valence electrons. The maximum atomic E-state index is 4.52. The normalized spacial score (nSPS) is 21.5. The molecule has 0 aliphatic carbocycles. The molecular weight excluding hydrogens is 326 g/mol. The van der Waals surface area contributed by atoms with E-state index in [-0.39, 0.29) is 0 Å². The number of aryl methyl sites for hydroxylation is 1. The van der Waals surface area contributed by atoms with Crippen molar-refractivity contribution >= 4 is 11.3 Å². The standard InChI is InChI=1S/C19H31N7/c1-3-16-12-18(19-22-21-14-26(19)23-16)20-13-15-4-10-25(11-5-15)17-6-8-24(2)9-7-17/h12,14-15,17,20H,3-11,13H2,1-2H3. The lowest BCUT2D eigenvalue weighted by Gasteiger charge is -2.41. The van der Waals surface area contributed by atoms with Gasteiger partial charge in [0.15, 0.2) is 0 Å². The number of aromatic nitrogens is 4. The fourth-order valence-electron chi connectivity index (χ4n) is 4.32. The van der Waals surface area contributed by atoms with Crippen LogP contribution in [0.4, 0.5) is 5.69 Å². The molecule has 2 aromatic heterocycles. The van der Waals surface area contributed by atoms with E-state index >= 15 is 0 Å². The Bertz CT molecular complexity index is 712. The molecule has 1 N–H and O–H groups in total. The molecule has 2 saturated heterocycles.